The van der Waals surface area contributed by atoms with Crippen molar-refractivity contribution >= 4 is 5.91 Å². The number of amides is 1. The largest absolute Gasteiger partial charge is 0.379 e. The van der Waals surface area contributed by atoms with Gasteiger partial charge in [0.1, 0.15) is 5.41 Å². The van der Waals surface area contributed by atoms with Gasteiger partial charge in [-0.3, -0.25) is 9.69 Å². The Morgan fingerprint density at radius 2 is 1.83 bits per heavy atom. The summed E-state index contributed by atoms with van der Waals surface area (Å²) in [7, 11) is 0. The molecule has 134 valence electrons. The summed E-state index contributed by atoms with van der Waals surface area (Å²) >= 11 is 0. The van der Waals surface area contributed by atoms with Crippen LogP contribution in [0.15, 0.2) is 0 Å². The molecule has 6 heteroatoms. The molecule has 24 heavy (non-hydrogen) atoms. The third-order valence-corrected chi connectivity index (χ3v) is 5.94. The van der Waals surface area contributed by atoms with E-state index in [9.17, 15) is 10.1 Å². The van der Waals surface area contributed by atoms with E-state index in [1.165, 1.54) is 6.42 Å². The number of hydrogen-bond donors (Lipinski definition) is 1. The zero-order valence-electron chi connectivity index (χ0n) is 14.6. The van der Waals surface area contributed by atoms with Crippen LogP contribution < -0.4 is 5.32 Å². The van der Waals surface area contributed by atoms with Crippen LogP contribution in [0.2, 0.25) is 0 Å². The molecule has 1 N–H and O–H groups in total. The van der Waals surface area contributed by atoms with E-state index in [2.05, 4.69) is 16.3 Å². The number of nitriles is 1. The molecule has 0 spiro atoms. The summed E-state index contributed by atoms with van der Waals surface area (Å²) in [5.74, 6) is 0.793. The lowest BCUT2D eigenvalue weighted by Gasteiger charge is -2.39. The fraction of sp³-hybridized carbons (Fsp3) is 0.889. The maximum absolute atomic E-state index is 12.9. The van der Waals surface area contributed by atoms with E-state index in [0.29, 0.717) is 18.8 Å². The van der Waals surface area contributed by atoms with Gasteiger partial charge in [0, 0.05) is 26.2 Å². The van der Waals surface area contributed by atoms with Crippen molar-refractivity contribution in [2.24, 2.45) is 11.3 Å². The normalized spacial score (nSPS) is 26.0. The van der Waals surface area contributed by atoms with Gasteiger partial charge >= 0.3 is 0 Å². The molecule has 1 amide bonds. The summed E-state index contributed by atoms with van der Waals surface area (Å²) in [4.78, 5) is 17.3. The standard InChI is InChI=1S/C18H30N4O2/c19-15-18(4-6-20-7-5-18)17(23)22-9-2-16(3-10-22)1-8-21-11-13-24-14-12-21/h16,20H,1-14H2. The molecule has 0 bridgehead atoms. The maximum atomic E-state index is 12.9. The van der Waals surface area contributed by atoms with Crippen LogP contribution in [0.5, 0.6) is 0 Å². The van der Waals surface area contributed by atoms with Gasteiger partial charge in [0.25, 0.3) is 0 Å². The van der Waals surface area contributed by atoms with Crippen molar-refractivity contribution in [1.29, 1.82) is 5.26 Å². The maximum Gasteiger partial charge on any atom is 0.243 e. The van der Waals surface area contributed by atoms with Crippen molar-refractivity contribution in [2.75, 3.05) is 59.0 Å². The Bertz CT molecular complexity index is 456. The van der Waals surface area contributed by atoms with Gasteiger partial charge in [-0.25, -0.2) is 0 Å². The first kappa shape index (κ1) is 17.7. The van der Waals surface area contributed by atoms with Crippen LogP contribution >= 0.6 is 0 Å². The van der Waals surface area contributed by atoms with E-state index >= 15 is 0 Å². The van der Waals surface area contributed by atoms with E-state index in [1.807, 2.05) is 4.90 Å². The van der Waals surface area contributed by atoms with Crippen molar-refractivity contribution in [3.05, 3.63) is 0 Å². The molecule has 0 aliphatic carbocycles. The second-order valence-corrected chi connectivity index (χ2v) is 7.42. The topological polar surface area (TPSA) is 68.6 Å². The Morgan fingerprint density at radius 3 is 2.46 bits per heavy atom. The van der Waals surface area contributed by atoms with Crippen molar-refractivity contribution in [3.63, 3.8) is 0 Å². The molecular formula is C18H30N4O2. The second kappa shape index (κ2) is 8.28. The Kier molecular flexibility index (Phi) is 6.09. The van der Waals surface area contributed by atoms with Gasteiger partial charge in [-0.2, -0.15) is 5.26 Å². The Balaban J connectivity index is 1.44. The average Bonchev–Trinajstić information content (AvgIpc) is 2.67. The highest BCUT2D eigenvalue weighted by molar-refractivity contribution is 5.85. The minimum Gasteiger partial charge on any atom is -0.379 e. The molecule has 6 nitrogen and oxygen atoms in total. The van der Waals surface area contributed by atoms with Crippen LogP contribution in [0.3, 0.4) is 0 Å². The summed E-state index contributed by atoms with van der Waals surface area (Å²) < 4.78 is 5.39. The molecule has 0 aromatic heterocycles. The molecule has 3 saturated heterocycles. The molecule has 0 aromatic carbocycles. The van der Waals surface area contributed by atoms with Gasteiger partial charge in [0.2, 0.25) is 5.91 Å². The third-order valence-electron chi connectivity index (χ3n) is 5.94. The molecular weight excluding hydrogens is 304 g/mol. The van der Waals surface area contributed by atoms with Crippen LogP contribution in [0.1, 0.15) is 32.1 Å². The molecule has 0 aromatic rings. The van der Waals surface area contributed by atoms with Crippen LogP contribution in [0.25, 0.3) is 0 Å². The fourth-order valence-electron chi connectivity index (χ4n) is 4.14. The number of carbonyl (C=O) groups excluding carboxylic acids is 1. The summed E-state index contributed by atoms with van der Waals surface area (Å²) in [5, 5.41) is 12.8. The molecule has 3 aliphatic heterocycles. The number of nitrogens with zero attached hydrogens (tertiary/aromatic N) is 3. The van der Waals surface area contributed by atoms with E-state index < -0.39 is 5.41 Å². The average molecular weight is 334 g/mol. The van der Waals surface area contributed by atoms with Crippen LogP contribution in [-0.2, 0) is 9.53 Å². The zero-order valence-corrected chi connectivity index (χ0v) is 14.6. The van der Waals surface area contributed by atoms with Gasteiger partial charge in [-0.05, 0) is 57.7 Å². The highest BCUT2D eigenvalue weighted by atomic mass is 16.5. The number of piperidine rings is 2. The van der Waals surface area contributed by atoms with E-state index in [-0.39, 0.29) is 5.91 Å². The number of carbonyl (C=O) groups is 1. The summed E-state index contributed by atoms with van der Waals surface area (Å²) in [6.45, 7) is 8.16. The summed E-state index contributed by atoms with van der Waals surface area (Å²) in [6, 6.07) is 2.34. The molecule has 0 unspecified atom stereocenters. The number of rotatable bonds is 4. The molecule has 0 saturated carbocycles. The quantitative estimate of drug-likeness (QED) is 0.825. The SMILES string of the molecule is N#CC1(C(=O)N2CCC(CCN3CCOCC3)CC2)CCNCC1. The first-order valence-electron chi connectivity index (χ1n) is 9.45. The van der Waals surface area contributed by atoms with Crippen LogP contribution in [0, 0.1) is 22.7 Å². The van der Waals surface area contributed by atoms with E-state index in [0.717, 1.165) is 71.9 Å². The summed E-state index contributed by atoms with van der Waals surface area (Å²) in [5.41, 5.74) is -0.772. The van der Waals surface area contributed by atoms with Crippen molar-refractivity contribution in [2.45, 2.75) is 32.1 Å². The predicted molar refractivity (Wildman–Crippen MR) is 91.3 cm³/mol. The lowest BCUT2D eigenvalue weighted by Crippen LogP contribution is -2.50. The minimum absolute atomic E-state index is 0.0816. The molecule has 3 heterocycles. The first-order valence-corrected chi connectivity index (χ1v) is 9.45. The van der Waals surface area contributed by atoms with Crippen molar-refractivity contribution < 1.29 is 9.53 Å². The first-order chi connectivity index (χ1) is 11.7. The Hall–Kier alpha value is -1.16. The van der Waals surface area contributed by atoms with Crippen LogP contribution in [0.4, 0.5) is 0 Å². The minimum atomic E-state index is -0.772. The van der Waals surface area contributed by atoms with Gasteiger partial charge in [-0.15, -0.1) is 0 Å². The monoisotopic (exact) mass is 334 g/mol. The summed E-state index contributed by atoms with van der Waals surface area (Å²) in [6.07, 6.45) is 4.68. The Labute approximate surface area is 145 Å². The van der Waals surface area contributed by atoms with E-state index in [1.54, 1.807) is 0 Å². The highest BCUT2D eigenvalue weighted by Crippen LogP contribution is 2.32. The number of morpholine rings is 1. The number of ether oxygens (including phenoxy) is 1. The number of nitrogens with one attached hydrogen (secondary N) is 1. The van der Waals surface area contributed by atoms with Gasteiger partial charge < -0.3 is 15.0 Å². The van der Waals surface area contributed by atoms with Gasteiger partial charge in [-0.1, -0.05) is 0 Å². The molecule has 0 radical (unpaired) electrons. The lowest BCUT2D eigenvalue weighted by molar-refractivity contribution is -0.141. The number of likely N-dealkylation sites (tertiary alicyclic amines) is 1. The van der Waals surface area contributed by atoms with E-state index in [4.69, 9.17) is 4.74 Å². The molecule has 3 rings (SSSR count). The smallest absolute Gasteiger partial charge is 0.243 e. The predicted octanol–water partition coefficient (Wildman–Crippen LogP) is 0.841. The van der Waals surface area contributed by atoms with Crippen molar-refractivity contribution in [3.8, 4) is 6.07 Å². The molecule has 3 fully saturated rings. The fourth-order valence-corrected chi connectivity index (χ4v) is 4.14. The zero-order chi connectivity index (χ0) is 16.8. The van der Waals surface area contributed by atoms with Gasteiger partial charge in [0.05, 0.1) is 19.3 Å². The number of hydrogen-bond acceptors (Lipinski definition) is 5. The lowest BCUT2D eigenvalue weighted by atomic mass is 9.78. The third kappa shape index (κ3) is 4.08. The van der Waals surface area contributed by atoms with Crippen LogP contribution in [-0.4, -0.2) is 74.7 Å². The van der Waals surface area contributed by atoms with Crippen molar-refractivity contribution in [1.82, 2.24) is 15.1 Å². The molecule has 3 aliphatic rings. The molecule has 0 atom stereocenters. The Morgan fingerprint density at radius 1 is 1.17 bits per heavy atom. The second-order valence-electron chi connectivity index (χ2n) is 7.42. The van der Waals surface area contributed by atoms with Gasteiger partial charge in [0.15, 0.2) is 0 Å². The highest BCUT2D eigenvalue weighted by Gasteiger charge is 2.43.